The van der Waals surface area contributed by atoms with Crippen LogP contribution in [0.4, 0.5) is 5.00 Å². The first-order valence-corrected chi connectivity index (χ1v) is 10.3. The van der Waals surface area contributed by atoms with Crippen LogP contribution in [0, 0.1) is 0 Å². The molecule has 4 nitrogen and oxygen atoms in total. The summed E-state index contributed by atoms with van der Waals surface area (Å²) >= 11 is 1.83. The van der Waals surface area contributed by atoms with Crippen molar-refractivity contribution in [2.45, 2.75) is 38.1 Å². The second-order valence-electron chi connectivity index (χ2n) is 7.53. The highest BCUT2D eigenvalue weighted by Gasteiger charge is 2.23. The molecule has 0 saturated carbocycles. The van der Waals surface area contributed by atoms with E-state index in [1.54, 1.807) is 0 Å². The molecule has 1 aliphatic rings. The fraction of sp³-hybridized carbons (Fsp3) is 0.476. The van der Waals surface area contributed by atoms with Crippen LogP contribution in [0.3, 0.4) is 0 Å². The van der Waals surface area contributed by atoms with Crippen molar-refractivity contribution in [3.8, 4) is 0 Å². The maximum Gasteiger partial charge on any atom is 0.191 e. The first kappa shape index (κ1) is 22.0. The third-order valence-corrected chi connectivity index (χ3v) is 6.06. The van der Waals surface area contributed by atoms with Crippen LogP contribution in [-0.2, 0) is 5.41 Å². The molecule has 27 heavy (non-hydrogen) atoms. The summed E-state index contributed by atoms with van der Waals surface area (Å²) in [6.07, 6.45) is 2.28. The Morgan fingerprint density at radius 3 is 2.44 bits per heavy atom. The van der Waals surface area contributed by atoms with Gasteiger partial charge in [0.1, 0.15) is 0 Å². The quantitative estimate of drug-likeness (QED) is 0.363. The number of benzene rings is 1. The average molecular weight is 498 g/mol. The fourth-order valence-corrected chi connectivity index (χ4v) is 4.16. The van der Waals surface area contributed by atoms with E-state index in [0.29, 0.717) is 6.04 Å². The van der Waals surface area contributed by atoms with Gasteiger partial charge >= 0.3 is 0 Å². The van der Waals surface area contributed by atoms with E-state index < -0.39 is 0 Å². The minimum Gasteiger partial charge on any atom is -0.363 e. The lowest BCUT2D eigenvalue weighted by Gasteiger charge is -2.34. The zero-order chi connectivity index (χ0) is 18.4. The predicted molar refractivity (Wildman–Crippen MR) is 129 cm³/mol. The number of hydrogen-bond donors (Lipinski definition) is 2. The number of aliphatic imine (C=N–C) groups is 1. The normalized spacial score (nSPS) is 16.0. The predicted octanol–water partition coefficient (Wildman–Crippen LogP) is 4.48. The average Bonchev–Trinajstić information content (AvgIpc) is 3.21. The molecular formula is C21H31IN4S. The lowest BCUT2D eigenvalue weighted by atomic mass is 9.85. The van der Waals surface area contributed by atoms with Crippen LogP contribution in [0.15, 0.2) is 52.8 Å². The Bertz CT molecular complexity index is 692. The van der Waals surface area contributed by atoms with E-state index in [1.165, 1.54) is 10.6 Å². The highest BCUT2D eigenvalue weighted by atomic mass is 127. The van der Waals surface area contributed by atoms with E-state index in [0.717, 1.165) is 38.4 Å². The van der Waals surface area contributed by atoms with Crippen molar-refractivity contribution in [2.24, 2.45) is 4.99 Å². The molecule has 0 bridgehead atoms. The van der Waals surface area contributed by atoms with Crippen LogP contribution in [-0.4, -0.2) is 38.7 Å². The van der Waals surface area contributed by atoms with Gasteiger partial charge in [-0.2, -0.15) is 0 Å². The number of nitrogens with one attached hydrogen (secondary N) is 2. The molecule has 1 aliphatic heterocycles. The Kier molecular flexibility index (Phi) is 8.41. The lowest BCUT2D eigenvalue weighted by Crippen LogP contribution is -2.50. The standard InChI is InChI=1S/C21H30N4S.HI/c1-21(2,17-8-5-4-6-9-17)16-23-20(22-3)24-18-11-13-25(14-12-18)19-10-7-15-26-19;/h4-10,15,18H,11-14,16H2,1-3H3,(H2,22,23,24);1H. The van der Waals surface area contributed by atoms with Crippen molar-refractivity contribution in [3.05, 3.63) is 53.4 Å². The molecule has 1 saturated heterocycles. The van der Waals surface area contributed by atoms with Gasteiger partial charge in [-0.1, -0.05) is 44.2 Å². The number of piperidine rings is 1. The van der Waals surface area contributed by atoms with Gasteiger partial charge in [0, 0.05) is 38.1 Å². The van der Waals surface area contributed by atoms with E-state index in [9.17, 15) is 0 Å². The summed E-state index contributed by atoms with van der Waals surface area (Å²) in [5.74, 6) is 0.906. The molecule has 2 N–H and O–H groups in total. The Balaban J connectivity index is 0.00000261. The molecular weight excluding hydrogens is 467 g/mol. The summed E-state index contributed by atoms with van der Waals surface area (Å²) in [7, 11) is 1.85. The fourth-order valence-electron chi connectivity index (χ4n) is 3.38. The van der Waals surface area contributed by atoms with Gasteiger partial charge in [0.25, 0.3) is 0 Å². The van der Waals surface area contributed by atoms with E-state index in [2.05, 4.69) is 82.2 Å². The van der Waals surface area contributed by atoms with Gasteiger partial charge in [0.2, 0.25) is 0 Å². The molecule has 6 heteroatoms. The smallest absolute Gasteiger partial charge is 0.191 e. The molecule has 1 aromatic carbocycles. The zero-order valence-corrected chi connectivity index (χ0v) is 19.6. The van der Waals surface area contributed by atoms with Crippen molar-refractivity contribution in [1.29, 1.82) is 0 Å². The second kappa shape index (κ2) is 10.3. The summed E-state index contributed by atoms with van der Waals surface area (Å²) in [4.78, 5) is 6.91. The van der Waals surface area contributed by atoms with Gasteiger partial charge in [0.05, 0.1) is 5.00 Å². The highest BCUT2D eigenvalue weighted by Crippen LogP contribution is 2.25. The summed E-state index contributed by atoms with van der Waals surface area (Å²) in [6.45, 7) is 7.59. The number of halogens is 1. The Morgan fingerprint density at radius 2 is 1.85 bits per heavy atom. The molecule has 2 heterocycles. The summed E-state index contributed by atoms with van der Waals surface area (Å²) in [6, 6.07) is 15.5. The van der Waals surface area contributed by atoms with E-state index >= 15 is 0 Å². The first-order valence-electron chi connectivity index (χ1n) is 9.40. The van der Waals surface area contributed by atoms with Crippen LogP contribution < -0.4 is 15.5 Å². The molecule has 3 rings (SSSR count). The van der Waals surface area contributed by atoms with Crippen LogP contribution in [0.5, 0.6) is 0 Å². The molecule has 0 amide bonds. The number of guanidine groups is 1. The van der Waals surface area contributed by atoms with Crippen molar-refractivity contribution in [1.82, 2.24) is 10.6 Å². The van der Waals surface area contributed by atoms with Gasteiger partial charge in [-0.25, -0.2) is 0 Å². The van der Waals surface area contributed by atoms with Gasteiger partial charge in [-0.3, -0.25) is 4.99 Å². The molecule has 1 fully saturated rings. The highest BCUT2D eigenvalue weighted by molar-refractivity contribution is 14.0. The van der Waals surface area contributed by atoms with Crippen LogP contribution in [0.1, 0.15) is 32.3 Å². The maximum absolute atomic E-state index is 4.43. The second-order valence-corrected chi connectivity index (χ2v) is 8.46. The molecule has 1 aromatic heterocycles. The van der Waals surface area contributed by atoms with E-state index in [4.69, 9.17) is 0 Å². The number of anilines is 1. The third kappa shape index (κ3) is 6.10. The molecule has 0 unspecified atom stereocenters. The van der Waals surface area contributed by atoms with Gasteiger partial charge in [-0.15, -0.1) is 35.3 Å². The Hall–Kier alpha value is -1.28. The van der Waals surface area contributed by atoms with Crippen LogP contribution in [0.2, 0.25) is 0 Å². The zero-order valence-electron chi connectivity index (χ0n) is 16.4. The molecule has 0 atom stereocenters. The number of rotatable bonds is 5. The minimum absolute atomic E-state index is 0. The van der Waals surface area contributed by atoms with Crippen LogP contribution in [0.25, 0.3) is 0 Å². The molecule has 0 spiro atoms. The van der Waals surface area contributed by atoms with Gasteiger partial charge < -0.3 is 15.5 Å². The van der Waals surface area contributed by atoms with Gasteiger partial charge in [0.15, 0.2) is 5.96 Å². The third-order valence-electron chi connectivity index (χ3n) is 5.13. The Labute approximate surface area is 184 Å². The number of hydrogen-bond acceptors (Lipinski definition) is 3. The molecule has 2 aromatic rings. The monoisotopic (exact) mass is 498 g/mol. The summed E-state index contributed by atoms with van der Waals surface area (Å²) in [5.41, 5.74) is 1.40. The Morgan fingerprint density at radius 1 is 1.15 bits per heavy atom. The van der Waals surface area contributed by atoms with E-state index in [-0.39, 0.29) is 29.4 Å². The number of nitrogens with zero attached hydrogens (tertiary/aromatic N) is 2. The van der Waals surface area contributed by atoms with Crippen molar-refractivity contribution < 1.29 is 0 Å². The number of thiophene rings is 1. The van der Waals surface area contributed by atoms with Crippen molar-refractivity contribution >= 4 is 46.3 Å². The lowest BCUT2D eigenvalue weighted by molar-refractivity contribution is 0.455. The maximum atomic E-state index is 4.43. The first-order chi connectivity index (χ1) is 12.6. The summed E-state index contributed by atoms with van der Waals surface area (Å²) in [5, 5.41) is 10.7. The van der Waals surface area contributed by atoms with E-state index in [1.807, 2.05) is 18.4 Å². The van der Waals surface area contributed by atoms with Gasteiger partial charge in [-0.05, 0) is 35.9 Å². The van der Waals surface area contributed by atoms with Crippen LogP contribution >= 0.6 is 35.3 Å². The van der Waals surface area contributed by atoms with Crippen molar-refractivity contribution in [2.75, 3.05) is 31.6 Å². The minimum atomic E-state index is 0. The molecule has 0 radical (unpaired) electrons. The summed E-state index contributed by atoms with van der Waals surface area (Å²) < 4.78 is 0. The molecule has 0 aliphatic carbocycles. The topological polar surface area (TPSA) is 39.7 Å². The van der Waals surface area contributed by atoms with Crippen molar-refractivity contribution in [3.63, 3.8) is 0 Å². The largest absolute Gasteiger partial charge is 0.363 e. The SMILES string of the molecule is CN=C(NCC(C)(C)c1ccccc1)NC1CCN(c2cccs2)CC1.I. The molecule has 148 valence electrons.